The molecule has 20 heavy (non-hydrogen) atoms. The van der Waals surface area contributed by atoms with E-state index in [0.717, 1.165) is 0 Å². The lowest BCUT2D eigenvalue weighted by molar-refractivity contribution is 0.446. The van der Waals surface area contributed by atoms with E-state index in [1.807, 2.05) is 0 Å². The summed E-state index contributed by atoms with van der Waals surface area (Å²) in [6, 6.07) is 0. The minimum atomic E-state index is 0.313. The number of hydrogen-bond donors (Lipinski definition) is 0. The van der Waals surface area contributed by atoms with Crippen molar-refractivity contribution >= 4 is 0 Å². The van der Waals surface area contributed by atoms with E-state index < -0.39 is 0 Å². The Hall–Kier alpha value is -1.04. The van der Waals surface area contributed by atoms with Crippen LogP contribution in [0.3, 0.4) is 0 Å². The zero-order valence-corrected chi connectivity index (χ0v) is 13.9. The Labute approximate surface area is 124 Å². The number of fused-ring (bicyclic) bond motifs is 1. The molecular formula is C20H28. The van der Waals surface area contributed by atoms with Gasteiger partial charge in [0.25, 0.3) is 0 Å². The summed E-state index contributed by atoms with van der Waals surface area (Å²) >= 11 is 0. The van der Waals surface area contributed by atoms with Gasteiger partial charge in [0.2, 0.25) is 0 Å². The molecule has 0 unspecified atom stereocenters. The van der Waals surface area contributed by atoms with Crippen LogP contribution in [-0.4, -0.2) is 0 Å². The lowest BCUT2D eigenvalue weighted by Gasteiger charge is -2.33. The molecule has 0 atom stereocenters. The van der Waals surface area contributed by atoms with Crippen molar-refractivity contribution in [1.29, 1.82) is 0 Å². The Bertz CT molecular complexity index is 571. The van der Waals surface area contributed by atoms with Crippen molar-refractivity contribution < 1.29 is 0 Å². The van der Waals surface area contributed by atoms with Gasteiger partial charge in [-0.25, -0.2) is 0 Å². The zero-order valence-electron chi connectivity index (χ0n) is 13.9. The van der Waals surface area contributed by atoms with Crippen molar-refractivity contribution in [3.8, 4) is 0 Å². The van der Waals surface area contributed by atoms with Gasteiger partial charge in [0, 0.05) is 0 Å². The average Bonchev–Trinajstić information content (AvgIpc) is 2.90. The average molecular weight is 268 g/mol. The van der Waals surface area contributed by atoms with Gasteiger partial charge >= 0.3 is 0 Å². The smallest absolute Gasteiger partial charge is 0.00554 e. The van der Waals surface area contributed by atoms with E-state index in [0.29, 0.717) is 17.3 Å². The largest absolute Gasteiger partial charge is 0.0630 e. The van der Waals surface area contributed by atoms with Gasteiger partial charge in [-0.3, -0.25) is 0 Å². The van der Waals surface area contributed by atoms with Gasteiger partial charge in [-0.15, -0.1) is 0 Å². The first-order valence-electron chi connectivity index (χ1n) is 8.16. The highest BCUT2D eigenvalue weighted by Crippen LogP contribution is 2.53. The van der Waals surface area contributed by atoms with Crippen LogP contribution in [0.2, 0.25) is 0 Å². The molecule has 0 heterocycles. The summed E-state index contributed by atoms with van der Waals surface area (Å²) in [7, 11) is 0. The molecule has 3 rings (SSSR count). The highest BCUT2D eigenvalue weighted by Gasteiger charge is 2.38. The van der Waals surface area contributed by atoms with Gasteiger partial charge in [-0.1, -0.05) is 64.8 Å². The summed E-state index contributed by atoms with van der Waals surface area (Å²) in [6.45, 7) is 14.2. The number of allylic oxidation sites excluding steroid dienone is 8. The molecule has 0 nitrogen and oxygen atoms in total. The molecule has 0 fully saturated rings. The van der Waals surface area contributed by atoms with Crippen molar-refractivity contribution in [2.75, 3.05) is 0 Å². The third kappa shape index (κ3) is 2.05. The van der Waals surface area contributed by atoms with Crippen molar-refractivity contribution in [1.82, 2.24) is 0 Å². The van der Waals surface area contributed by atoms with Gasteiger partial charge < -0.3 is 0 Å². The van der Waals surface area contributed by atoms with Crippen LogP contribution in [0.5, 0.6) is 0 Å². The molecule has 0 saturated carbocycles. The molecule has 0 radical (unpaired) electrons. The fourth-order valence-corrected chi connectivity index (χ4v) is 3.95. The zero-order chi connectivity index (χ0) is 14.7. The van der Waals surface area contributed by atoms with E-state index in [9.17, 15) is 0 Å². The molecule has 0 aliphatic heterocycles. The predicted molar refractivity (Wildman–Crippen MR) is 87.5 cm³/mol. The Morgan fingerprint density at radius 3 is 2.00 bits per heavy atom. The van der Waals surface area contributed by atoms with Crippen molar-refractivity contribution in [3.05, 3.63) is 45.6 Å². The van der Waals surface area contributed by atoms with E-state index in [1.165, 1.54) is 19.3 Å². The molecule has 0 aromatic heterocycles. The Morgan fingerprint density at radius 2 is 1.40 bits per heavy atom. The first-order chi connectivity index (χ1) is 9.29. The van der Waals surface area contributed by atoms with E-state index in [-0.39, 0.29) is 0 Å². The molecule has 0 bridgehead atoms. The lowest BCUT2D eigenvalue weighted by Crippen LogP contribution is -2.19. The predicted octanol–water partition coefficient (Wildman–Crippen LogP) is 5.98. The van der Waals surface area contributed by atoms with Crippen LogP contribution in [0.25, 0.3) is 0 Å². The van der Waals surface area contributed by atoms with Crippen LogP contribution < -0.4 is 0 Å². The van der Waals surface area contributed by atoms with E-state index in [2.05, 4.69) is 53.7 Å². The summed E-state index contributed by atoms with van der Waals surface area (Å²) in [5.41, 5.74) is 10.2. The number of hydrogen-bond acceptors (Lipinski definition) is 0. The lowest BCUT2D eigenvalue weighted by atomic mass is 9.71. The van der Waals surface area contributed by atoms with Crippen LogP contribution in [0.1, 0.15) is 60.8 Å². The van der Waals surface area contributed by atoms with E-state index >= 15 is 0 Å². The van der Waals surface area contributed by atoms with Gasteiger partial charge in [0.05, 0.1) is 0 Å². The second kappa shape index (κ2) is 4.48. The van der Waals surface area contributed by atoms with Crippen molar-refractivity contribution in [2.45, 2.75) is 60.8 Å². The van der Waals surface area contributed by atoms with Crippen LogP contribution >= 0.6 is 0 Å². The standard InChI is InChI=1S/C20H28/c1-12(2)14-7-16-11-20(5,6)19-10-15(13(3)4)9-18(19)17(16)8-14/h7,10,12-13H,8-9,11H2,1-6H3. The second-order valence-electron chi connectivity index (χ2n) is 8.06. The molecule has 3 aliphatic carbocycles. The van der Waals surface area contributed by atoms with Gasteiger partial charge in [0.1, 0.15) is 0 Å². The number of rotatable bonds is 2. The first-order valence-corrected chi connectivity index (χ1v) is 8.16. The van der Waals surface area contributed by atoms with Crippen LogP contribution in [-0.2, 0) is 0 Å². The molecule has 0 aromatic carbocycles. The van der Waals surface area contributed by atoms with Crippen LogP contribution in [0.15, 0.2) is 45.6 Å². The summed E-state index contributed by atoms with van der Waals surface area (Å²) in [5.74, 6) is 1.37. The Morgan fingerprint density at radius 1 is 0.850 bits per heavy atom. The van der Waals surface area contributed by atoms with E-state index in [1.54, 1.807) is 33.4 Å². The summed E-state index contributed by atoms with van der Waals surface area (Å²) in [5, 5.41) is 0. The minimum Gasteiger partial charge on any atom is -0.0630 e. The summed E-state index contributed by atoms with van der Waals surface area (Å²) in [4.78, 5) is 0. The van der Waals surface area contributed by atoms with Crippen molar-refractivity contribution in [2.24, 2.45) is 17.3 Å². The maximum absolute atomic E-state index is 2.52. The highest BCUT2D eigenvalue weighted by molar-refractivity contribution is 5.61. The van der Waals surface area contributed by atoms with Crippen LogP contribution in [0.4, 0.5) is 0 Å². The Balaban J connectivity index is 1.98. The summed E-state index contributed by atoms with van der Waals surface area (Å²) in [6.07, 6.45) is 8.67. The maximum Gasteiger partial charge on any atom is -0.00554 e. The normalized spacial score (nSPS) is 24.4. The molecule has 0 saturated heterocycles. The van der Waals surface area contributed by atoms with Crippen LogP contribution in [0, 0.1) is 17.3 Å². The Kier molecular flexibility index (Phi) is 3.12. The molecule has 3 aliphatic rings. The molecule has 0 aromatic rings. The fraction of sp³-hybridized carbons (Fsp3) is 0.600. The SMILES string of the molecule is CC(C)C1=CC2=C(C1)C1=C(C=C(C(C)C)C1)C(C)(C)C2. The van der Waals surface area contributed by atoms with Crippen molar-refractivity contribution in [3.63, 3.8) is 0 Å². The van der Waals surface area contributed by atoms with Gasteiger partial charge in [0.15, 0.2) is 0 Å². The molecular weight excluding hydrogens is 240 g/mol. The topological polar surface area (TPSA) is 0 Å². The highest BCUT2D eigenvalue weighted by atomic mass is 14.4. The molecule has 0 spiro atoms. The molecule has 0 amide bonds. The second-order valence-corrected chi connectivity index (χ2v) is 8.06. The quantitative estimate of drug-likeness (QED) is 0.577. The molecule has 0 heteroatoms. The summed E-state index contributed by atoms with van der Waals surface area (Å²) < 4.78 is 0. The minimum absolute atomic E-state index is 0.313. The third-order valence-electron chi connectivity index (χ3n) is 5.37. The molecule has 0 N–H and O–H groups in total. The maximum atomic E-state index is 2.52. The van der Waals surface area contributed by atoms with Gasteiger partial charge in [-0.05, 0) is 58.8 Å². The first kappa shape index (κ1) is 13.9. The third-order valence-corrected chi connectivity index (χ3v) is 5.37. The van der Waals surface area contributed by atoms with Gasteiger partial charge in [-0.2, -0.15) is 0 Å². The monoisotopic (exact) mass is 268 g/mol. The fourth-order valence-electron chi connectivity index (χ4n) is 3.95. The molecule has 108 valence electrons. The van der Waals surface area contributed by atoms with E-state index in [4.69, 9.17) is 0 Å².